The number of sulfonamides is 1. The molecule has 0 unspecified atom stereocenters. The van der Waals surface area contributed by atoms with Crippen molar-refractivity contribution in [1.82, 2.24) is 4.90 Å². The van der Waals surface area contributed by atoms with Gasteiger partial charge in [0.25, 0.3) is 5.91 Å². The van der Waals surface area contributed by atoms with Crippen molar-refractivity contribution >= 4 is 49.0 Å². The van der Waals surface area contributed by atoms with Crippen molar-refractivity contribution in [2.75, 3.05) is 28.6 Å². The molecule has 3 rings (SSSR count). The van der Waals surface area contributed by atoms with Gasteiger partial charge in [0.1, 0.15) is 0 Å². The van der Waals surface area contributed by atoms with Crippen molar-refractivity contribution in [2.45, 2.75) is 18.9 Å². The van der Waals surface area contributed by atoms with Crippen LogP contribution in [-0.2, 0) is 24.7 Å². The number of nitrogens with zero attached hydrogens (tertiary/aromatic N) is 2. The molecule has 1 aromatic rings. The third kappa shape index (κ3) is 3.45. The summed E-state index contributed by atoms with van der Waals surface area (Å²) < 4.78 is 48.1. The van der Waals surface area contributed by atoms with E-state index < -0.39 is 37.7 Å². The van der Waals surface area contributed by atoms with Gasteiger partial charge in [-0.15, -0.1) is 0 Å². The molecule has 142 valence electrons. The number of benzene rings is 1. The van der Waals surface area contributed by atoms with Crippen LogP contribution in [-0.4, -0.2) is 63.9 Å². The summed E-state index contributed by atoms with van der Waals surface area (Å²) in [6.07, 6.45) is 0.217. The van der Waals surface area contributed by atoms with Gasteiger partial charge < -0.3 is 4.90 Å². The first-order valence-corrected chi connectivity index (χ1v) is 11.7. The van der Waals surface area contributed by atoms with Gasteiger partial charge in [-0.05, 0) is 24.6 Å². The second-order valence-electron chi connectivity index (χ2n) is 6.36. The Morgan fingerprint density at radius 2 is 1.92 bits per heavy atom. The fourth-order valence-corrected chi connectivity index (χ4v) is 6.53. The first kappa shape index (κ1) is 19.1. The standard InChI is InChI=1S/C15H17ClN2O6S2/c1-17(11-4-6-25(21,22)9-11)15(20)12-8-10(2-3-13(12)16)18-14(19)5-7-26(18,23)24/h2-3,8,11H,4-7,9H2,1H3/t11-/m0/s1. The second-order valence-corrected chi connectivity index (χ2v) is 10.9. The van der Waals surface area contributed by atoms with E-state index in [0.29, 0.717) is 10.7 Å². The number of carbonyl (C=O) groups is 2. The Morgan fingerprint density at radius 3 is 2.46 bits per heavy atom. The second kappa shape index (κ2) is 6.50. The molecule has 1 aromatic carbocycles. The molecule has 2 aliphatic rings. The third-order valence-electron chi connectivity index (χ3n) is 4.57. The van der Waals surface area contributed by atoms with Crippen LogP contribution < -0.4 is 4.31 Å². The molecule has 8 nitrogen and oxygen atoms in total. The highest BCUT2D eigenvalue weighted by molar-refractivity contribution is 7.94. The Kier molecular flexibility index (Phi) is 4.78. The van der Waals surface area contributed by atoms with Crippen molar-refractivity contribution < 1.29 is 26.4 Å². The summed E-state index contributed by atoms with van der Waals surface area (Å²) in [7, 11) is -5.45. The van der Waals surface area contributed by atoms with Gasteiger partial charge in [0.15, 0.2) is 9.84 Å². The summed E-state index contributed by atoms with van der Waals surface area (Å²) in [5.74, 6) is -1.48. The summed E-state index contributed by atoms with van der Waals surface area (Å²) in [5, 5.41) is 0.0931. The highest BCUT2D eigenvalue weighted by Crippen LogP contribution is 2.30. The first-order chi connectivity index (χ1) is 12.0. The number of hydrogen-bond acceptors (Lipinski definition) is 6. The lowest BCUT2D eigenvalue weighted by Gasteiger charge is -2.24. The fourth-order valence-electron chi connectivity index (χ4n) is 3.11. The molecule has 0 aliphatic carbocycles. The quantitative estimate of drug-likeness (QED) is 0.710. The van der Waals surface area contributed by atoms with Gasteiger partial charge in [-0.1, -0.05) is 11.6 Å². The highest BCUT2D eigenvalue weighted by Gasteiger charge is 2.37. The van der Waals surface area contributed by atoms with Gasteiger partial charge in [-0.2, -0.15) is 0 Å². The van der Waals surface area contributed by atoms with E-state index in [-0.39, 0.29) is 40.0 Å². The molecule has 2 fully saturated rings. The van der Waals surface area contributed by atoms with Gasteiger partial charge in [-0.25, -0.2) is 21.1 Å². The molecule has 2 heterocycles. The Balaban J connectivity index is 1.93. The molecule has 0 aromatic heterocycles. The monoisotopic (exact) mass is 420 g/mol. The van der Waals surface area contributed by atoms with E-state index in [1.54, 1.807) is 0 Å². The molecule has 1 atom stereocenters. The lowest BCUT2D eigenvalue weighted by Crippen LogP contribution is -2.38. The van der Waals surface area contributed by atoms with Crippen LogP contribution in [0.2, 0.25) is 5.02 Å². The molecule has 0 bridgehead atoms. The number of hydrogen-bond donors (Lipinski definition) is 0. The summed E-state index contributed by atoms with van der Waals surface area (Å²) in [4.78, 5) is 26.0. The van der Waals surface area contributed by atoms with Crippen molar-refractivity contribution in [2.24, 2.45) is 0 Å². The minimum Gasteiger partial charge on any atom is -0.338 e. The van der Waals surface area contributed by atoms with E-state index in [9.17, 15) is 26.4 Å². The van der Waals surface area contributed by atoms with Gasteiger partial charge in [0.2, 0.25) is 15.9 Å². The third-order valence-corrected chi connectivity index (χ3v) is 8.34. The molecule has 26 heavy (non-hydrogen) atoms. The van der Waals surface area contributed by atoms with E-state index in [4.69, 9.17) is 11.6 Å². The van der Waals surface area contributed by atoms with Crippen LogP contribution >= 0.6 is 11.6 Å². The van der Waals surface area contributed by atoms with Gasteiger partial charge in [0, 0.05) is 19.5 Å². The Morgan fingerprint density at radius 1 is 1.23 bits per heavy atom. The van der Waals surface area contributed by atoms with Crippen LogP contribution in [0.15, 0.2) is 18.2 Å². The number of anilines is 1. The average molecular weight is 421 g/mol. The van der Waals surface area contributed by atoms with Crippen LogP contribution in [0.1, 0.15) is 23.2 Å². The summed E-state index contributed by atoms with van der Waals surface area (Å²) in [5.41, 5.74) is 0.0681. The summed E-state index contributed by atoms with van der Waals surface area (Å²) in [6, 6.07) is 3.50. The van der Waals surface area contributed by atoms with Crippen LogP contribution in [0.3, 0.4) is 0 Å². The molecule has 2 aliphatic heterocycles. The zero-order chi connectivity index (χ0) is 19.3. The summed E-state index contributed by atoms with van der Waals surface area (Å²) >= 11 is 6.09. The fraction of sp³-hybridized carbons (Fsp3) is 0.467. The van der Waals surface area contributed by atoms with Crippen molar-refractivity contribution in [1.29, 1.82) is 0 Å². The van der Waals surface area contributed by atoms with Crippen LogP contribution in [0, 0.1) is 0 Å². The minimum atomic E-state index is -3.76. The lowest BCUT2D eigenvalue weighted by molar-refractivity contribution is -0.116. The van der Waals surface area contributed by atoms with Gasteiger partial charge in [-0.3, -0.25) is 9.59 Å². The van der Waals surface area contributed by atoms with Crippen LogP contribution in [0.4, 0.5) is 5.69 Å². The molecule has 0 N–H and O–H groups in total. The van der Waals surface area contributed by atoms with Crippen LogP contribution in [0.5, 0.6) is 0 Å². The molecule has 2 saturated heterocycles. The lowest BCUT2D eigenvalue weighted by atomic mass is 10.1. The van der Waals surface area contributed by atoms with E-state index in [0.717, 1.165) is 0 Å². The molecule has 2 amide bonds. The highest BCUT2D eigenvalue weighted by atomic mass is 35.5. The van der Waals surface area contributed by atoms with Crippen molar-refractivity contribution in [3.05, 3.63) is 28.8 Å². The number of rotatable bonds is 3. The maximum atomic E-state index is 12.8. The van der Waals surface area contributed by atoms with Crippen LogP contribution in [0.25, 0.3) is 0 Å². The largest absolute Gasteiger partial charge is 0.338 e. The van der Waals surface area contributed by atoms with E-state index in [1.807, 2.05) is 0 Å². The molecule has 11 heteroatoms. The molecule has 0 saturated carbocycles. The van der Waals surface area contributed by atoms with Crippen molar-refractivity contribution in [3.63, 3.8) is 0 Å². The number of carbonyl (C=O) groups excluding carboxylic acids is 2. The number of halogens is 1. The van der Waals surface area contributed by atoms with E-state index in [1.165, 1.54) is 30.1 Å². The Hall–Kier alpha value is -1.65. The molecule has 0 spiro atoms. The normalized spacial score (nSPS) is 24.0. The zero-order valence-corrected chi connectivity index (χ0v) is 16.3. The maximum absolute atomic E-state index is 12.8. The topological polar surface area (TPSA) is 109 Å². The number of sulfone groups is 1. The first-order valence-electron chi connectivity index (χ1n) is 7.85. The molecule has 0 radical (unpaired) electrons. The summed E-state index contributed by atoms with van der Waals surface area (Å²) in [6.45, 7) is 0. The predicted octanol–water partition coefficient (Wildman–Crippen LogP) is 0.666. The Labute approximate surface area is 156 Å². The maximum Gasteiger partial charge on any atom is 0.255 e. The predicted molar refractivity (Wildman–Crippen MR) is 96.5 cm³/mol. The molecular formula is C15H17ClN2O6S2. The average Bonchev–Trinajstić information content (AvgIpc) is 3.05. The SMILES string of the molecule is CN(C(=O)c1cc(N2C(=O)CCS2(=O)=O)ccc1Cl)[C@H]1CCS(=O)(=O)C1. The smallest absolute Gasteiger partial charge is 0.255 e. The number of amides is 2. The zero-order valence-electron chi connectivity index (χ0n) is 13.9. The van der Waals surface area contributed by atoms with E-state index in [2.05, 4.69) is 0 Å². The molecular weight excluding hydrogens is 404 g/mol. The minimum absolute atomic E-state index is 0.0174. The van der Waals surface area contributed by atoms with Crippen molar-refractivity contribution in [3.8, 4) is 0 Å². The Bertz CT molecular complexity index is 989. The van der Waals surface area contributed by atoms with Gasteiger partial charge in [0.05, 0.1) is 33.5 Å². The van der Waals surface area contributed by atoms with Gasteiger partial charge >= 0.3 is 0 Å². The van der Waals surface area contributed by atoms with E-state index >= 15 is 0 Å².